The minimum Gasteiger partial charge on any atom is -0.508 e. The lowest BCUT2D eigenvalue weighted by Crippen LogP contribution is -2.26. The molecule has 0 spiro atoms. The number of fused-ring (bicyclic) bond motifs is 1. The third-order valence-electron chi connectivity index (χ3n) is 3.94. The van der Waals surface area contributed by atoms with Crippen LogP contribution in [0.1, 0.15) is 16.7 Å². The molecule has 1 aliphatic rings. The molecule has 1 aliphatic heterocycles. The average molecular weight is 332 g/mol. The summed E-state index contributed by atoms with van der Waals surface area (Å²) in [7, 11) is 0. The number of hydrogen-bond donors (Lipinski definition) is 1. The molecule has 20 heavy (non-hydrogen) atoms. The van der Waals surface area contributed by atoms with E-state index in [1.807, 2.05) is 12.1 Å². The van der Waals surface area contributed by atoms with Crippen molar-refractivity contribution in [2.45, 2.75) is 19.4 Å². The van der Waals surface area contributed by atoms with Gasteiger partial charge in [0.05, 0.1) is 0 Å². The summed E-state index contributed by atoms with van der Waals surface area (Å²) in [6.45, 7) is 3.02. The summed E-state index contributed by atoms with van der Waals surface area (Å²) < 4.78 is 1.07. The van der Waals surface area contributed by atoms with Crippen LogP contribution in [0.25, 0.3) is 0 Å². The van der Waals surface area contributed by atoms with Crippen molar-refractivity contribution in [2.24, 2.45) is 0 Å². The van der Waals surface area contributed by atoms with Gasteiger partial charge >= 0.3 is 0 Å². The molecule has 0 fully saturated rings. The Balaban J connectivity index is 1.73. The Labute approximate surface area is 128 Å². The molecule has 3 rings (SSSR count). The maximum atomic E-state index is 9.63. The minimum absolute atomic E-state index is 0.335. The van der Waals surface area contributed by atoms with Crippen molar-refractivity contribution in [1.82, 2.24) is 4.90 Å². The van der Waals surface area contributed by atoms with Gasteiger partial charge in [0.15, 0.2) is 0 Å². The van der Waals surface area contributed by atoms with Gasteiger partial charge in [-0.05, 0) is 47.7 Å². The van der Waals surface area contributed by atoms with Crippen LogP contribution in [0.5, 0.6) is 5.75 Å². The van der Waals surface area contributed by atoms with Crippen LogP contribution in [-0.4, -0.2) is 23.1 Å². The van der Waals surface area contributed by atoms with E-state index in [4.69, 9.17) is 0 Å². The Bertz CT molecular complexity index is 585. The second-order valence-corrected chi connectivity index (χ2v) is 6.17. The van der Waals surface area contributed by atoms with E-state index >= 15 is 0 Å². The highest BCUT2D eigenvalue weighted by Gasteiger charge is 2.14. The number of phenols is 1. The quantitative estimate of drug-likeness (QED) is 0.905. The van der Waals surface area contributed by atoms with Gasteiger partial charge in [-0.1, -0.05) is 40.2 Å². The van der Waals surface area contributed by atoms with E-state index in [0.717, 1.165) is 42.5 Å². The number of phenolic OH excluding ortho intramolecular Hbond substituents is 1. The Morgan fingerprint density at radius 1 is 1.00 bits per heavy atom. The molecule has 0 amide bonds. The highest BCUT2D eigenvalue weighted by Crippen LogP contribution is 2.24. The SMILES string of the molecule is Oc1ccc(Br)c(CN2CCc3ccccc3CC2)c1. The molecule has 3 heteroatoms. The predicted molar refractivity (Wildman–Crippen MR) is 84.9 cm³/mol. The molecule has 0 aromatic heterocycles. The first kappa shape index (κ1) is 13.7. The van der Waals surface area contributed by atoms with Crippen molar-refractivity contribution in [3.8, 4) is 5.75 Å². The first-order valence-corrected chi connectivity index (χ1v) is 7.78. The van der Waals surface area contributed by atoms with Crippen LogP contribution < -0.4 is 0 Å². The van der Waals surface area contributed by atoms with E-state index in [0.29, 0.717) is 5.75 Å². The highest BCUT2D eigenvalue weighted by molar-refractivity contribution is 9.10. The first-order valence-electron chi connectivity index (χ1n) is 6.99. The molecule has 0 atom stereocenters. The van der Waals surface area contributed by atoms with E-state index in [9.17, 15) is 5.11 Å². The zero-order valence-corrected chi connectivity index (χ0v) is 12.9. The molecule has 0 bridgehead atoms. The number of rotatable bonds is 2. The van der Waals surface area contributed by atoms with Gasteiger partial charge in [0.25, 0.3) is 0 Å². The zero-order valence-electron chi connectivity index (χ0n) is 11.3. The fourth-order valence-corrected chi connectivity index (χ4v) is 3.17. The molecule has 2 aromatic carbocycles. The second-order valence-electron chi connectivity index (χ2n) is 5.32. The van der Waals surface area contributed by atoms with Gasteiger partial charge in [0, 0.05) is 24.1 Å². The summed E-state index contributed by atoms with van der Waals surface area (Å²) in [5, 5.41) is 9.63. The number of nitrogens with zero attached hydrogens (tertiary/aromatic N) is 1. The van der Waals surface area contributed by atoms with E-state index < -0.39 is 0 Å². The Morgan fingerprint density at radius 3 is 2.30 bits per heavy atom. The molecule has 2 nitrogen and oxygen atoms in total. The molecule has 0 saturated carbocycles. The molecule has 1 N–H and O–H groups in total. The molecule has 0 aliphatic carbocycles. The molecular weight excluding hydrogens is 314 g/mol. The molecule has 0 radical (unpaired) electrons. The summed E-state index contributed by atoms with van der Waals surface area (Å²) in [6, 6.07) is 14.2. The summed E-state index contributed by atoms with van der Waals surface area (Å²) in [5.74, 6) is 0.335. The first-order chi connectivity index (χ1) is 9.72. The molecule has 0 unspecified atom stereocenters. The van der Waals surface area contributed by atoms with E-state index in [1.165, 1.54) is 11.1 Å². The monoisotopic (exact) mass is 331 g/mol. The van der Waals surface area contributed by atoms with Crippen LogP contribution in [0.4, 0.5) is 0 Å². The van der Waals surface area contributed by atoms with Gasteiger partial charge < -0.3 is 5.11 Å². The van der Waals surface area contributed by atoms with Crippen molar-refractivity contribution in [2.75, 3.05) is 13.1 Å². The van der Waals surface area contributed by atoms with Crippen molar-refractivity contribution in [3.63, 3.8) is 0 Å². The Morgan fingerprint density at radius 2 is 1.65 bits per heavy atom. The topological polar surface area (TPSA) is 23.5 Å². The van der Waals surface area contributed by atoms with Crippen LogP contribution >= 0.6 is 15.9 Å². The van der Waals surface area contributed by atoms with Gasteiger partial charge in [-0.2, -0.15) is 0 Å². The van der Waals surface area contributed by atoms with Crippen LogP contribution in [0.3, 0.4) is 0 Å². The van der Waals surface area contributed by atoms with Gasteiger partial charge in [0.2, 0.25) is 0 Å². The highest BCUT2D eigenvalue weighted by atomic mass is 79.9. The maximum absolute atomic E-state index is 9.63. The third-order valence-corrected chi connectivity index (χ3v) is 4.71. The molecular formula is C17H18BrNO. The summed E-state index contributed by atoms with van der Waals surface area (Å²) >= 11 is 3.57. The van der Waals surface area contributed by atoms with Crippen molar-refractivity contribution in [1.29, 1.82) is 0 Å². The van der Waals surface area contributed by atoms with Crippen LogP contribution in [0, 0.1) is 0 Å². The smallest absolute Gasteiger partial charge is 0.115 e. The Hall–Kier alpha value is -1.32. The van der Waals surface area contributed by atoms with Crippen molar-refractivity contribution >= 4 is 15.9 Å². The minimum atomic E-state index is 0.335. The van der Waals surface area contributed by atoms with Crippen LogP contribution in [0.15, 0.2) is 46.9 Å². The third kappa shape index (κ3) is 3.05. The largest absolute Gasteiger partial charge is 0.508 e. The van der Waals surface area contributed by atoms with Gasteiger partial charge in [-0.3, -0.25) is 4.90 Å². The van der Waals surface area contributed by atoms with Gasteiger partial charge in [-0.15, -0.1) is 0 Å². The molecule has 1 heterocycles. The number of aromatic hydroxyl groups is 1. The number of halogens is 1. The molecule has 2 aromatic rings. The van der Waals surface area contributed by atoms with Crippen LogP contribution in [0.2, 0.25) is 0 Å². The summed E-state index contributed by atoms with van der Waals surface area (Å²) in [5.41, 5.74) is 4.10. The number of benzene rings is 2. The maximum Gasteiger partial charge on any atom is 0.115 e. The lowest BCUT2D eigenvalue weighted by atomic mass is 10.0. The van der Waals surface area contributed by atoms with E-state index in [1.54, 1.807) is 6.07 Å². The predicted octanol–water partition coefficient (Wildman–Crippen LogP) is 3.76. The van der Waals surface area contributed by atoms with E-state index in [-0.39, 0.29) is 0 Å². The molecule has 0 saturated heterocycles. The lowest BCUT2D eigenvalue weighted by Gasteiger charge is -2.20. The number of hydrogen-bond acceptors (Lipinski definition) is 2. The second kappa shape index (κ2) is 5.98. The van der Waals surface area contributed by atoms with Crippen molar-refractivity contribution < 1.29 is 5.11 Å². The van der Waals surface area contributed by atoms with Gasteiger partial charge in [0.1, 0.15) is 5.75 Å². The summed E-state index contributed by atoms with van der Waals surface area (Å²) in [6.07, 6.45) is 2.21. The Kier molecular flexibility index (Phi) is 4.08. The normalized spacial score (nSPS) is 15.7. The fourth-order valence-electron chi connectivity index (χ4n) is 2.80. The molecule has 104 valence electrons. The van der Waals surface area contributed by atoms with E-state index in [2.05, 4.69) is 45.1 Å². The van der Waals surface area contributed by atoms with Crippen LogP contribution in [-0.2, 0) is 19.4 Å². The average Bonchev–Trinajstić information content (AvgIpc) is 2.66. The fraction of sp³-hybridized carbons (Fsp3) is 0.294. The zero-order chi connectivity index (χ0) is 13.9. The lowest BCUT2D eigenvalue weighted by molar-refractivity contribution is 0.278. The van der Waals surface area contributed by atoms with Crippen molar-refractivity contribution in [3.05, 3.63) is 63.6 Å². The van der Waals surface area contributed by atoms with Gasteiger partial charge in [-0.25, -0.2) is 0 Å². The summed E-state index contributed by atoms with van der Waals surface area (Å²) in [4.78, 5) is 2.46. The standard InChI is InChI=1S/C17H18BrNO/c18-17-6-5-16(20)11-15(17)12-19-9-7-13-3-1-2-4-14(13)8-10-19/h1-6,11,20H,7-10,12H2.